The fourth-order valence-electron chi connectivity index (χ4n) is 2.90. The molecule has 1 aromatic carbocycles. The molecule has 2 heterocycles. The lowest BCUT2D eigenvalue weighted by atomic mass is 10.1. The minimum atomic E-state index is 0.0572. The zero-order valence-corrected chi connectivity index (χ0v) is 11.4. The number of rotatable bonds is 2. The van der Waals surface area contributed by atoms with Crippen molar-refractivity contribution in [2.75, 3.05) is 5.32 Å². The molecule has 21 heavy (non-hydrogen) atoms. The van der Waals surface area contributed by atoms with Crippen LogP contribution in [0.3, 0.4) is 0 Å². The van der Waals surface area contributed by atoms with Gasteiger partial charge in [-0.15, -0.1) is 0 Å². The first kappa shape index (κ1) is 12.2. The quantitative estimate of drug-likeness (QED) is 0.749. The molecule has 0 amide bonds. The summed E-state index contributed by atoms with van der Waals surface area (Å²) in [6, 6.07) is 12.3. The summed E-state index contributed by atoms with van der Waals surface area (Å²) in [4.78, 5) is 13.0. The molecule has 2 aromatic heterocycles. The summed E-state index contributed by atoms with van der Waals surface area (Å²) in [5.74, 6) is 0.778. The molecule has 3 aromatic rings. The van der Waals surface area contributed by atoms with Gasteiger partial charge in [0.05, 0.1) is 6.04 Å². The molecule has 0 spiro atoms. The zero-order valence-electron chi connectivity index (χ0n) is 11.4. The third-order valence-electron chi connectivity index (χ3n) is 3.91. The van der Waals surface area contributed by atoms with Crippen LogP contribution in [0.15, 0.2) is 48.8 Å². The molecule has 2 unspecified atom stereocenters. The lowest BCUT2D eigenvalue weighted by Crippen LogP contribution is -2.30. The second kappa shape index (κ2) is 4.79. The van der Waals surface area contributed by atoms with Crippen LogP contribution in [0.5, 0.6) is 0 Å². The van der Waals surface area contributed by atoms with Gasteiger partial charge in [-0.2, -0.15) is 0 Å². The predicted molar refractivity (Wildman–Crippen MR) is 81.8 cm³/mol. The van der Waals surface area contributed by atoms with E-state index in [1.165, 1.54) is 11.1 Å². The lowest BCUT2D eigenvalue weighted by Gasteiger charge is -2.19. The zero-order chi connectivity index (χ0) is 14.2. The highest BCUT2D eigenvalue weighted by Crippen LogP contribution is 2.32. The minimum absolute atomic E-state index is 0.0572. The number of nitrogens with zero attached hydrogens (tertiary/aromatic N) is 3. The fourth-order valence-corrected chi connectivity index (χ4v) is 2.90. The number of nitrogens with two attached hydrogens (primary N) is 1. The van der Waals surface area contributed by atoms with Gasteiger partial charge in [0.15, 0.2) is 5.65 Å². The SMILES string of the molecule is NC1Cc2ccccc2C1Nc1ccc2nccnc2n1. The minimum Gasteiger partial charge on any atom is -0.362 e. The van der Waals surface area contributed by atoms with Gasteiger partial charge < -0.3 is 11.1 Å². The van der Waals surface area contributed by atoms with Crippen LogP contribution in [0.1, 0.15) is 17.2 Å². The van der Waals surface area contributed by atoms with Crippen molar-refractivity contribution >= 4 is 17.0 Å². The first-order valence-electron chi connectivity index (χ1n) is 6.99. The van der Waals surface area contributed by atoms with Gasteiger partial charge in [-0.3, -0.25) is 4.98 Å². The van der Waals surface area contributed by atoms with Gasteiger partial charge in [0.25, 0.3) is 0 Å². The highest BCUT2D eigenvalue weighted by Gasteiger charge is 2.29. The van der Waals surface area contributed by atoms with Crippen LogP contribution >= 0.6 is 0 Å². The number of pyridine rings is 1. The third kappa shape index (κ3) is 2.11. The highest BCUT2D eigenvalue weighted by molar-refractivity contribution is 5.71. The molecule has 0 aliphatic heterocycles. The van der Waals surface area contributed by atoms with E-state index in [1.54, 1.807) is 12.4 Å². The third-order valence-corrected chi connectivity index (χ3v) is 3.91. The maximum atomic E-state index is 6.27. The molecule has 4 rings (SSSR count). The Morgan fingerprint density at radius 3 is 2.86 bits per heavy atom. The number of fused-ring (bicyclic) bond motifs is 2. The van der Waals surface area contributed by atoms with E-state index >= 15 is 0 Å². The van der Waals surface area contributed by atoms with E-state index in [-0.39, 0.29) is 12.1 Å². The van der Waals surface area contributed by atoms with Crippen LogP contribution in [0.25, 0.3) is 11.2 Å². The Bertz CT molecular complexity index is 801. The summed E-state index contributed by atoms with van der Waals surface area (Å²) in [7, 11) is 0. The van der Waals surface area contributed by atoms with E-state index in [0.717, 1.165) is 17.8 Å². The van der Waals surface area contributed by atoms with E-state index in [0.29, 0.717) is 5.65 Å². The largest absolute Gasteiger partial charge is 0.362 e. The fraction of sp³-hybridized carbons (Fsp3) is 0.188. The van der Waals surface area contributed by atoms with Crippen LogP contribution in [0.4, 0.5) is 5.82 Å². The normalized spacial score (nSPS) is 20.4. The first-order chi connectivity index (χ1) is 10.3. The van der Waals surface area contributed by atoms with Crippen molar-refractivity contribution in [1.29, 1.82) is 0 Å². The van der Waals surface area contributed by atoms with E-state index in [4.69, 9.17) is 5.73 Å². The van der Waals surface area contributed by atoms with Gasteiger partial charge in [-0.05, 0) is 29.7 Å². The van der Waals surface area contributed by atoms with E-state index in [1.807, 2.05) is 18.2 Å². The van der Waals surface area contributed by atoms with E-state index in [2.05, 4.69) is 38.5 Å². The van der Waals surface area contributed by atoms with Gasteiger partial charge >= 0.3 is 0 Å². The molecular formula is C16H15N5. The van der Waals surface area contributed by atoms with Gasteiger partial charge in [0.2, 0.25) is 0 Å². The Morgan fingerprint density at radius 1 is 1.05 bits per heavy atom. The van der Waals surface area contributed by atoms with Crippen molar-refractivity contribution < 1.29 is 0 Å². The molecular weight excluding hydrogens is 262 g/mol. The van der Waals surface area contributed by atoms with Gasteiger partial charge in [-0.25, -0.2) is 9.97 Å². The second-order valence-electron chi connectivity index (χ2n) is 5.28. The standard InChI is InChI=1S/C16H15N5/c17-12-9-10-3-1-2-4-11(10)15(12)20-14-6-5-13-16(21-14)19-8-7-18-13/h1-8,12,15H,9,17H2,(H,19,20,21). The van der Waals surface area contributed by atoms with E-state index in [9.17, 15) is 0 Å². The number of hydrogen-bond donors (Lipinski definition) is 2. The Hall–Kier alpha value is -2.53. The van der Waals surface area contributed by atoms with Crippen LogP contribution in [-0.4, -0.2) is 21.0 Å². The highest BCUT2D eigenvalue weighted by atomic mass is 15.1. The molecule has 0 bridgehead atoms. The number of aromatic nitrogens is 3. The Balaban J connectivity index is 1.68. The summed E-state index contributed by atoms with van der Waals surface area (Å²) in [6.07, 6.45) is 4.21. The maximum absolute atomic E-state index is 6.27. The van der Waals surface area contributed by atoms with Crippen LogP contribution in [0.2, 0.25) is 0 Å². The van der Waals surface area contributed by atoms with Gasteiger partial charge in [-0.1, -0.05) is 24.3 Å². The van der Waals surface area contributed by atoms with Crippen LogP contribution in [-0.2, 0) is 6.42 Å². The van der Waals surface area contributed by atoms with Gasteiger partial charge in [0, 0.05) is 18.4 Å². The van der Waals surface area contributed by atoms with Crippen molar-refractivity contribution in [1.82, 2.24) is 15.0 Å². The molecule has 0 saturated carbocycles. The van der Waals surface area contributed by atoms with Crippen LogP contribution < -0.4 is 11.1 Å². The number of nitrogens with one attached hydrogen (secondary N) is 1. The summed E-state index contributed by atoms with van der Waals surface area (Å²) >= 11 is 0. The number of anilines is 1. The summed E-state index contributed by atoms with van der Waals surface area (Å²) < 4.78 is 0. The number of benzene rings is 1. The topological polar surface area (TPSA) is 76.7 Å². The van der Waals surface area contributed by atoms with Crippen molar-refractivity contribution in [3.8, 4) is 0 Å². The summed E-state index contributed by atoms with van der Waals surface area (Å²) in [5, 5.41) is 3.44. The molecule has 104 valence electrons. The molecule has 2 atom stereocenters. The van der Waals surface area contributed by atoms with Crippen molar-refractivity contribution in [3.05, 3.63) is 59.9 Å². The molecule has 5 nitrogen and oxygen atoms in total. The molecule has 3 N–H and O–H groups in total. The molecule has 1 aliphatic carbocycles. The Morgan fingerprint density at radius 2 is 1.90 bits per heavy atom. The average Bonchev–Trinajstić information content (AvgIpc) is 2.83. The summed E-state index contributed by atoms with van der Waals surface area (Å²) in [6.45, 7) is 0. The molecule has 0 radical (unpaired) electrons. The molecule has 0 fully saturated rings. The Kier molecular flexibility index (Phi) is 2.79. The maximum Gasteiger partial charge on any atom is 0.180 e. The van der Waals surface area contributed by atoms with E-state index < -0.39 is 0 Å². The Labute approximate surface area is 122 Å². The van der Waals surface area contributed by atoms with Crippen molar-refractivity contribution in [2.45, 2.75) is 18.5 Å². The first-order valence-corrected chi connectivity index (χ1v) is 6.99. The molecule has 5 heteroatoms. The lowest BCUT2D eigenvalue weighted by molar-refractivity contribution is 0.624. The molecule has 1 aliphatic rings. The monoisotopic (exact) mass is 277 g/mol. The summed E-state index contributed by atoms with van der Waals surface area (Å²) in [5.41, 5.74) is 10.3. The van der Waals surface area contributed by atoms with Gasteiger partial charge in [0.1, 0.15) is 11.3 Å². The average molecular weight is 277 g/mol. The number of hydrogen-bond acceptors (Lipinski definition) is 5. The van der Waals surface area contributed by atoms with Crippen molar-refractivity contribution in [3.63, 3.8) is 0 Å². The van der Waals surface area contributed by atoms with Crippen LogP contribution in [0, 0.1) is 0 Å². The van der Waals surface area contributed by atoms with Crippen molar-refractivity contribution in [2.24, 2.45) is 5.73 Å². The second-order valence-corrected chi connectivity index (χ2v) is 5.28. The smallest absolute Gasteiger partial charge is 0.180 e. The predicted octanol–water partition coefficient (Wildman–Crippen LogP) is 2.06. The molecule has 0 saturated heterocycles.